The highest BCUT2D eigenvalue weighted by molar-refractivity contribution is 5.51. The maximum absolute atomic E-state index is 13.5. The summed E-state index contributed by atoms with van der Waals surface area (Å²) in [6.07, 6.45) is 7.32. The molecule has 0 bridgehead atoms. The summed E-state index contributed by atoms with van der Waals surface area (Å²) in [6.45, 7) is 1.04. The smallest absolute Gasteiger partial charge is 0.133 e. The summed E-state index contributed by atoms with van der Waals surface area (Å²) in [5, 5.41) is 3.44. The molecule has 1 heterocycles. The third kappa shape index (κ3) is 2.07. The van der Waals surface area contributed by atoms with E-state index in [0.717, 1.165) is 12.5 Å². The normalized spacial score (nSPS) is 31.1. The molecule has 1 aliphatic heterocycles. The van der Waals surface area contributed by atoms with Gasteiger partial charge < -0.3 is 5.32 Å². The molecule has 1 aromatic rings. The van der Waals surface area contributed by atoms with Gasteiger partial charge in [-0.1, -0.05) is 24.6 Å². The molecule has 0 spiro atoms. The van der Waals surface area contributed by atoms with E-state index in [9.17, 15) is 8.78 Å². The van der Waals surface area contributed by atoms with Gasteiger partial charge in [0.1, 0.15) is 11.6 Å². The van der Waals surface area contributed by atoms with Crippen LogP contribution in [0.4, 0.5) is 8.78 Å². The fraction of sp³-hybridized carbons (Fsp3) is 0.467. The molecule has 3 heteroatoms. The topological polar surface area (TPSA) is 12.0 Å². The maximum Gasteiger partial charge on any atom is 0.133 e. The Morgan fingerprint density at radius 1 is 1.17 bits per heavy atom. The van der Waals surface area contributed by atoms with Crippen molar-refractivity contribution in [2.75, 3.05) is 6.54 Å². The molecule has 1 aromatic carbocycles. The molecule has 3 rings (SSSR count). The maximum atomic E-state index is 13.5. The van der Waals surface area contributed by atoms with Crippen molar-refractivity contribution >= 4 is 6.08 Å². The van der Waals surface area contributed by atoms with Crippen LogP contribution in [0.25, 0.3) is 6.08 Å². The molecular formula is C15H17F2N. The van der Waals surface area contributed by atoms with Crippen molar-refractivity contribution in [2.45, 2.75) is 25.3 Å². The van der Waals surface area contributed by atoms with E-state index < -0.39 is 11.6 Å². The monoisotopic (exact) mass is 249 g/mol. The number of fused-ring (bicyclic) bond motifs is 1. The minimum Gasteiger partial charge on any atom is -0.310 e. The van der Waals surface area contributed by atoms with Crippen LogP contribution in [0.1, 0.15) is 24.8 Å². The highest BCUT2D eigenvalue weighted by atomic mass is 19.1. The van der Waals surface area contributed by atoms with Crippen LogP contribution in [0.3, 0.4) is 0 Å². The van der Waals surface area contributed by atoms with Crippen molar-refractivity contribution in [3.63, 3.8) is 0 Å². The van der Waals surface area contributed by atoms with Crippen LogP contribution in [-0.2, 0) is 0 Å². The summed E-state index contributed by atoms with van der Waals surface area (Å²) in [5.74, 6) is 0.417. The summed E-state index contributed by atoms with van der Waals surface area (Å²) >= 11 is 0. The quantitative estimate of drug-likeness (QED) is 0.847. The van der Waals surface area contributed by atoms with Gasteiger partial charge in [0.25, 0.3) is 0 Å². The molecule has 1 saturated carbocycles. The molecule has 3 atom stereocenters. The number of benzene rings is 1. The van der Waals surface area contributed by atoms with Crippen LogP contribution in [0, 0.1) is 23.5 Å². The van der Waals surface area contributed by atoms with E-state index in [1.807, 2.05) is 6.08 Å². The Labute approximate surface area is 106 Å². The van der Waals surface area contributed by atoms with Gasteiger partial charge in [-0.3, -0.25) is 0 Å². The van der Waals surface area contributed by atoms with Gasteiger partial charge in [-0.2, -0.15) is 0 Å². The number of hydrogen-bond donors (Lipinski definition) is 1. The van der Waals surface area contributed by atoms with Crippen molar-refractivity contribution in [1.82, 2.24) is 5.32 Å². The van der Waals surface area contributed by atoms with Gasteiger partial charge in [0.15, 0.2) is 0 Å². The third-order valence-corrected chi connectivity index (χ3v) is 4.26. The average molecular weight is 249 g/mol. The van der Waals surface area contributed by atoms with Crippen molar-refractivity contribution in [3.05, 3.63) is 41.5 Å². The van der Waals surface area contributed by atoms with Gasteiger partial charge in [0, 0.05) is 11.6 Å². The summed E-state index contributed by atoms with van der Waals surface area (Å²) in [5.41, 5.74) is 0.0701. The van der Waals surface area contributed by atoms with Gasteiger partial charge in [0.05, 0.1) is 0 Å². The lowest BCUT2D eigenvalue weighted by Gasteiger charge is -2.13. The zero-order valence-electron chi connectivity index (χ0n) is 10.2. The number of halogens is 2. The number of hydrogen-bond acceptors (Lipinski definition) is 1. The third-order valence-electron chi connectivity index (χ3n) is 4.26. The van der Waals surface area contributed by atoms with E-state index in [0.29, 0.717) is 5.92 Å². The predicted octanol–water partition coefficient (Wildman–Crippen LogP) is 3.37. The van der Waals surface area contributed by atoms with Crippen molar-refractivity contribution in [3.8, 4) is 0 Å². The first kappa shape index (κ1) is 11.8. The Hall–Kier alpha value is -1.22. The highest BCUT2D eigenvalue weighted by Crippen LogP contribution is 2.38. The minimum absolute atomic E-state index is 0.0701. The second-order valence-electron chi connectivity index (χ2n) is 5.28. The number of rotatable bonds is 2. The summed E-state index contributed by atoms with van der Waals surface area (Å²) in [6, 6.07) is 4.26. The minimum atomic E-state index is -0.493. The molecule has 2 fully saturated rings. The van der Waals surface area contributed by atoms with Gasteiger partial charge in [0.2, 0.25) is 0 Å². The van der Waals surface area contributed by atoms with Crippen LogP contribution >= 0.6 is 0 Å². The molecule has 1 aliphatic carbocycles. The zero-order chi connectivity index (χ0) is 12.5. The van der Waals surface area contributed by atoms with Crippen molar-refractivity contribution in [2.24, 2.45) is 11.8 Å². The molecule has 0 aromatic heterocycles. The van der Waals surface area contributed by atoms with Crippen molar-refractivity contribution < 1.29 is 8.78 Å². The van der Waals surface area contributed by atoms with Gasteiger partial charge in [-0.25, -0.2) is 8.78 Å². The van der Waals surface area contributed by atoms with Crippen molar-refractivity contribution in [1.29, 1.82) is 0 Å². The summed E-state index contributed by atoms with van der Waals surface area (Å²) in [4.78, 5) is 0. The van der Waals surface area contributed by atoms with Gasteiger partial charge in [-0.05, 0) is 43.4 Å². The second-order valence-corrected chi connectivity index (χ2v) is 5.28. The Morgan fingerprint density at radius 3 is 2.72 bits per heavy atom. The zero-order valence-corrected chi connectivity index (χ0v) is 10.2. The molecule has 0 radical (unpaired) electrons. The standard InChI is InChI=1S/C15H17F2N/c16-13-5-2-6-14(17)12(13)7-8-15-11-4-1-3-10(11)9-18-15/h2,5-8,10-11,15,18H,1,3-4,9H2/b8-7+. The van der Waals surface area contributed by atoms with E-state index in [1.165, 1.54) is 37.5 Å². The van der Waals surface area contributed by atoms with Crippen LogP contribution in [0.15, 0.2) is 24.3 Å². The Balaban J connectivity index is 1.78. The Kier molecular flexibility index (Phi) is 3.16. The van der Waals surface area contributed by atoms with E-state index in [1.54, 1.807) is 6.08 Å². The SMILES string of the molecule is Fc1cccc(F)c1/C=C/C1NCC2CCCC21. The lowest BCUT2D eigenvalue weighted by molar-refractivity contribution is 0.456. The molecular weight excluding hydrogens is 232 g/mol. The van der Waals surface area contributed by atoms with Crippen LogP contribution in [0.5, 0.6) is 0 Å². The predicted molar refractivity (Wildman–Crippen MR) is 68.0 cm³/mol. The van der Waals surface area contributed by atoms with Crippen LogP contribution in [-0.4, -0.2) is 12.6 Å². The van der Waals surface area contributed by atoms with E-state index in [4.69, 9.17) is 0 Å². The molecule has 1 N–H and O–H groups in total. The van der Waals surface area contributed by atoms with Gasteiger partial charge in [-0.15, -0.1) is 0 Å². The van der Waals surface area contributed by atoms with Gasteiger partial charge >= 0.3 is 0 Å². The largest absolute Gasteiger partial charge is 0.310 e. The number of nitrogens with one attached hydrogen (secondary N) is 1. The van der Waals surface area contributed by atoms with Crippen LogP contribution < -0.4 is 5.32 Å². The molecule has 1 saturated heterocycles. The first-order valence-electron chi connectivity index (χ1n) is 6.61. The average Bonchev–Trinajstić information content (AvgIpc) is 2.92. The summed E-state index contributed by atoms with van der Waals surface area (Å²) in [7, 11) is 0. The Bertz CT molecular complexity index is 449. The first-order valence-corrected chi connectivity index (χ1v) is 6.61. The molecule has 18 heavy (non-hydrogen) atoms. The second kappa shape index (κ2) is 4.81. The fourth-order valence-corrected chi connectivity index (χ4v) is 3.31. The molecule has 1 nitrogen and oxygen atoms in total. The lowest BCUT2D eigenvalue weighted by atomic mass is 9.93. The fourth-order valence-electron chi connectivity index (χ4n) is 3.31. The van der Waals surface area contributed by atoms with E-state index in [2.05, 4.69) is 5.32 Å². The molecule has 0 amide bonds. The Morgan fingerprint density at radius 2 is 1.94 bits per heavy atom. The molecule has 96 valence electrons. The van der Waals surface area contributed by atoms with E-state index >= 15 is 0 Å². The molecule has 2 aliphatic rings. The summed E-state index contributed by atoms with van der Waals surface area (Å²) < 4.78 is 27.0. The van der Waals surface area contributed by atoms with Crippen LogP contribution in [0.2, 0.25) is 0 Å². The van der Waals surface area contributed by atoms with E-state index in [-0.39, 0.29) is 11.6 Å². The first-order chi connectivity index (χ1) is 8.75. The molecule has 3 unspecified atom stereocenters. The lowest BCUT2D eigenvalue weighted by Crippen LogP contribution is -2.23. The highest BCUT2D eigenvalue weighted by Gasteiger charge is 2.37.